The van der Waals surface area contributed by atoms with Crippen molar-refractivity contribution in [1.82, 2.24) is 5.32 Å². The lowest BCUT2D eigenvalue weighted by atomic mass is 9.88. The van der Waals surface area contributed by atoms with Crippen molar-refractivity contribution in [3.63, 3.8) is 0 Å². The molecule has 1 aliphatic rings. The molecule has 1 aromatic rings. The summed E-state index contributed by atoms with van der Waals surface area (Å²) in [7, 11) is 0. The third kappa shape index (κ3) is 2.13. The van der Waals surface area contributed by atoms with E-state index in [1.165, 1.54) is 0 Å². The van der Waals surface area contributed by atoms with E-state index in [0.717, 1.165) is 12.1 Å². The molecule has 0 radical (unpaired) electrons. The predicted octanol–water partition coefficient (Wildman–Crippen LogP) is 1.13. The molecule has 0 saturated carbocycles. The van der Waals surface area contributed by atoms with E-state index >= 15 is 0 Å². The molecule has 15 heavy (non-hydrogen) atoms. The molecule has 0 aromatic heterocycles. The molecule has 1 amide bonds. The number of hydrogen-bond acceptors (Lipinski definition) is 2. The Morgan fingerprint density at radius 3 is 2.60 bits per heavy atom. The summed E-state index contributed by atoms with van der Waals surface area (Å²) in [5, 5.41) is 3.89. The fourth-order valence-electron chi connectivity index (χ4n) is 2.04. The molecule has 0 aliphatic carbocycles. The Kier molecular flexibility index (Phi) is 2.93. The highest BCUT2D eigenvalue weighted by Crippen LogP contribution is 2.28. The molecule has 1 heterocycles. The van der Waals surface area contributed by atoms with Crippen LogP contribution in [-0.4, -0.2) is 19.0 Å². The van der Waals surface area contributed by atoms with E-state index in [1.807, 2.05) is 24.3 Å². The first kappa shape index (κ1) is 10.5. The van der Waals surface area contributed by atoms with Crippen LogP contribution in [0.1, 0.15) is 11.5 Å². The van der Waals surface area contributed by atoms with E-state index in [0.29, 0.717) is 11.6 Å². The van der Waals surface area contributed by atoms with Gasteiger partial charge in [-0.25, -0.2) is 0 Å². The van der Waals surface area contributed by atoms with Gasteiger partial charge in [0.1, 0.15) is 0 Å². The van der Waals surface area contributed by atoms with Crippen molar-refractivity contribution in [2.24, 2.45) is 11.7 Å². The van der Waals surface area contributed by atoms with Gasteiger partial charge in [0.2, 0.25) is 5.91 Å². The smallest absolute Gasteiger partial charge is 0.222 e. The second kappa shape index (κ2) is 4.21. The zero-order valence-electron chi connectivity index (χ0n) is 8.24. The van der Waals surface area contributed by atoms with Crippen molar-refractivity contribution in [3.8, 4) is 0 Å². The van der Waals surface area contributed by atoms with Crippen LogP contribution in [0.25, 0.3) is 0 Å². The standard InChI is InChI=1S/C11H13ClN2O/c12-8-3-1-7(2-4-8)9-5-14-6-10(9)11(13)15/h1-4,9-10,14H,5-6H2,(H2,13,15). The molecule has 2 atom stereocenters. The monoisotopic (exact) mass is 224 g/mol. The molecule has 1 aromatic carbocycles. The van der Waals surface area contributed by atoms with Gasteiger partial charge in [-0.2, -0.15) is 0 Å². The molecule has 0 spiro atoms. The molecule has 1 saturated heterocycles. The van der Waals surface area contributed by atoms with Gasteiger partial charge in [0.15, 0.2) is 0 Å². The summed E-state index contributed by atoms with van der Waals surface area (Å²) in [4.78, 5) is 11.2. The molecular formula is C11H13ClN2O. The van der Waals surface area contributed by atoms with Crippen LogP contribution in [0.5, 0.6) is 0 Å². The van der Waals surface area contributed by atoms with Gasteiger partial charge in [-0.05, 0) is 17.7 Å². The molecule has 80 valence electrons. The van der Waals surface area contributed by atoms with Gasteiger partial charge in [-0.1, -0.05) is 23.7 Å². The van der Waals surface area contributed by atoms with Crippen LogP contribution in [0, 0.1) is 5.92 Å². The van der Waals surface area contributed by atoms with E-state index in [-0.39, 0.29) is 17.7 Å². The first-order valence-electron chi connectivity index (χ1n) is 4.94. The maximum absolute atomic E-state index is 11.2. The topological polar surface area (TPSA) is 55.1 Å². The molecule has 3 nitrogen and oxygen atoms in total. The molecule has 2 rings (SSSR count). The number of hydrogen-bond donors (Lipinski definition) is 2. The number of primary amides is 1. The summed E-state index contributed by atoms with van der Waals surface area (Å²) in [5.74, 6) is -0.161. The Hall–Kier alpha value is -1.06. The van der Waals surface area contributed by atoms with E-state index in [2.05, 4.69) is 5.32 Å². The molecule has 0 bridgehead atoms. The normalized spacial score (nSPS) is 25.4. The van der Waals surface area contributed by atoms with Crippen LogP contribution in [0.15, 0.2) is 24.3 Å². The Bertz CT molecular complexity index is 363. The number of carbonyl (C=O) groups excluding carboxylic acids is 1. The Balaban J connectivity index is 2.22. The van der Waals surface area contributed by atoms with Crippen molar-refractivity contribution in [3.05, 3.63) is 34.9 Å². The molecular weight excluding hydrogens is 212 g/mol. The van der Waals surface area contributed by atoms with E-state index in [4.69, 9.17) is 17.3 Å². The van der Waals surface area contributed by atoms with E-state index in [1.54, 1.807) is 0 Å². The third-order valence-electron chi connectivity index (χ3n) is 2.88. The summed E-state index contributed by atoms with van der Waals surface area (Å²) in [5.41, 5.74) is 6.47. The Morgan fingerprint density at radius 2 is 2.00 bits per heavy atom. The van der Waals surface area contributed by atoms with Crippen LogP contribution >= 0.6 is 11.6 Å². The van der Waals surface area contributed by atoms with Gasteiger partial charge in [0.25, 0.3) is 0 Å². The summed E-state index contributed by atoms with van der Waals surface area (Å²) in [6.07, 6.45) is 0. The minimum atomic E-state index is -0.236. The van der Waals surface area contributed by atoms with Crippen molar-refractivity contribution in [2.75, 3.05) is 13.1 Å². The van der Waals surface area contributed by atoms with Gasteiger partial charge in [-0.15, -0.1) is 0 Å². The second-order valence-electron chi connectivity index (χ2n) is 3.83. The highest BCUT2D eigenvalue weighted by atomic mass is 35.5. The lowest BCUT2D eigenvalue weighted by Crippen LogP contribution is -2.28. The number of halogens is 1. The first-order chi connectivity index (χ1) is 7.18. The second-order valence-corrected chi connectivity index (χ2v) is 4.26. The fourth-order valence-corrected chi connectivity index (χ4v) is 2.16. The molecule has 1 aliphatic heterocycles. The summed E-state index contributed by atoms with van der Waals surface area (Å²) in [6.45, 7) is 1.47. The van der Waals surface area contributed by atoms with E-state index < -0.39 is 0 Å². The van der Waals surface area contributed by atoms with Crippen LogP contribution in [-0.2, 0) is 4.79 Å². The number of carbonyl (C=O) groups is 1. The van der Waals surface area contributed by atoms with E-state index in [9.17, 15) is 4.79 Å². The van der Waals surface area contributed by atoms with Gasteiger partial charge in [-0.3, -0.25) is 4.79 Å². The Morgan fingerprint density at radius 1 is 1.33 bits per heavy atom. The number of benzene rings is 1. The van der Waals surface area contributed by atoms with Gasteiger partial charge >= 0.3 is 0 Å². The minimum Gasteiger partial charge on any atom is -0.369 e. The minimum absolute atomic E-state index is 0.105. The highest BCUT2D eigenvalue weighted by molar-refractivity contribution is 6.30. The maximum atomic E-state index is 11.2. The number of nitrogens with one attached hydrogen (secondary N) is 1. The zero-order valence-corrected chi connectivity index (χ0v) is 9.00. The molecule has 2 unspecified atom stereocenters. The van der Waals surface area contributed by atoms with Crippen molar-refractivity contribution >= 4 is 17.5 Å². The van der Waals surface area contributed by atoms with Crippen LogP contribution < -0.4 is 11.1 Å². The first-order valence-corrected chi connectivity index (χ1v) is 5.32. The van der Waals surface area contributed by atoms with Crippen molar-refractivity contribution in [1.29, 1.82) is 0 Å². The van der Waals surface area contributed by atoms with Crippen molar-refractivity contribution in [2.45, 2.75) is 5.92 Å². The maximum Gasteiger partial charge on any atom is 0.222 e. The van der Waals surface area contributed by atoms with Crippen LogP contribution in [0.4, 0.5) is 0 Å². The number of amides is 1. The number of nitrogens with two attached hydrogens (primary N) is 1. The summed E-state index contributed by atoms with van der Waals surface area (Å²) >= 11 is 5.81. The average Bonchev–Trinajstić information content (AvgIpc) is 2.67. The predicted molar refractivity (Wildman–Crippen MR) is 59.7 cm³/mol. The average molecular weight is 225 g/mol. The third-order valence-corrected chi connectivity index (χ3v) is 3.13. The quantitative estimate of drug-likeness (QED) is 0.791. The SMILES string of the molecule is NC(=O)C1CNCC1c1ccc(Cl)cc1. The molecule has 3 N–H and O–H groups in total. The largest absolute Gasteiger partial charge is 0.369 e. The fraction of sp³-hybridized carbons (Fsp3) is 0.364. The lowest BCUT2D eigenvalue weighted by molar-refractivity contribution is -0.121. The van der Waals surface area contributed by atoms with Crippen LogP contribution in [0.2, 0.25) is 5.02 Å². The Labute approximate surface area is 93.6 Å². The molecule has 1 fully saturated rings. The summed E-state index contributed by atoms with van der Waals surface area (Å²) in [6, 6.07) is 7.59. The highest BCUT2D eigenvalue weighted by Gasteiger charge is 2.32. The summed E-state index contributed by atoms with van der Waals surface area (Å²) < 4.78 is 0. The number of rotatable bonds is 2. The molecule has 4 heteroatoms. The van der Waals surface area contributed by atoms with Gasteiger partial charge in [0.05, 0.1) is 5.92 Å². The van der Waals surface area contributed by atoms with Gasteiger partial charge < -0.3 is 11.1 Å². The lowest BCUT2D eigenvalue weighted by Gasteiger charge is -2.15. The van der Waals surface area contributed by atoms with Crippen LogP contribution in [0.3, 0.4) is 0 Å². The van der Waals surface area contributed by atoms with Gasteiger partial charge in [0, 0.05) is 24.0 Å². The zero-order chi connectivity index (χ0) is 10.8. The van der Waals surface area contributed by atoms with Crippen molar-refractivity contribution < 1.29 is 4.79 Å².